The molecule has 2 N–H and O–H groups in total. The Hall–Kier alpha value is -1.79. The molecular weight excluding hydrogens is 317 g/mol. The number of rotatable bonds is 4. The first-order chi connectivity index (χ1) is 9.83. The van der Waals surface area contributed by atoms with Crippen molar-refractivity contribution in [1.29, 1.82) is 0 Å². The van der Waals surface area contributed by atoms with Crippen molar-refractivity contribution in [2.45, 2.75) is 10.6 Å². The third-order valence-corrected chi connectivity index (χ3v) is 4.88. The van der Waals surface area contributed by atoms with Crippen LogP contribution >= 0.6 is 11.6 Å². The lowest BCUT2D eigenvalue weighted by Crippen LogP contribution is -2.09. The van der Waals surface area contributed by atoms with Crippen LogP contribution in [0.5, 0.6) is 5.75 Å². The Bertz CT molecular complexity index is 778. The molecule has 2 aromatic carbocycles. The summed E-state index contributed by atoms with van der Waals surface area (Å²) in [5, 5.41) is 0.335. The van der Waals surface area contributed by atoms with E-state index in [9.17, 15) is 12.8 Å². The summed E-state index contributed by atoms with van der Waals surface area (Å²) in [5.74, 6) is -0.820. The molecular formula is C14H13ClFNO3S. The zero-order chi connectivity index (χ0) is 15.6. The summed E-state index contributed by atoms with van der Waals surface area (Å²) < 4.78 is 43.4. The standard InChI is InChI=1S/C14H13ClFNO3S/c1-20-11-4-2-9(12(16)7-11)8-21(18,19)14-5-3-10(15)6-13(14)17/h2-7H,8,17H2,1H3. The number of ether oxygens (including phenoxy) is 1. The van der Waals surface area contributed by atoms with E-state index in [0.717, 1.165) is 6.07 Å². The number of nitrogen functional groups attached to an aromatic ring is 1. The van der Waals surface area contributed by atoms with E-state index in [1.54, 1.807) is 0 Å². The van der Waals surface area contributed by atoms with E-state index in [1.807, 2.05) is 0 Å². The van der Waals surface area contributed by atoms with Gasteiger partial charge in [-0.15, -0.1) is 0 Å². The summed E-state index contributed by atoms with van der Waals surface area (Å²) >= 11 is 5.74. The highest BCUT2D eigenvalue weighted by atomic mass is 35.5. The van der Waals surface area contributed by atoms with Gasteiger partial charge in [-0.3, -0.25) is 0 Å². The normalized spacial score (nSPS) is 11.4. The van der Waals surface area contributed by atoms with Crippen LogP contribution in [0.4, 0.5) is 10.1 Å². The molecule has 0 saturated heterocycles. The van der Waals surface area contributed by atoms with E-state index in [1.165, 1.54) is 37.4 Å². The van der Waals surface area contributed by atoms with E-state index in [-0.39, 0.29) is 16.1 Å². The minimum absolute atomic E-state index is 0.0384. The van der Waals surface area contributed by atoms with Crippen LogP contribution in [0.15, 0.2) is 41.3 Å². The minimum atomic E-state index is -3.77. The molecule has 0 aliphatic rings. The maximum absolute atomic E-state index is 13.9. The third-order valence-electron chi connectivity index (χ3n) is 2.91. The summed E-state index contributed by atoms with van der Waals surface area (Å²) in [6.07, 6.45) is 0. The average molecular weight is 330 g/mol. The number of nitrogens with two attached hydrogens (primary N) is 1. The fraction of sp³-hybridized carbons (Fsp3) is 0.143. The predicted molar refractivity (Wildman–Crippen MR) is 79.7 cm³/mol. The molecule has 0 aromatic heterocycles. The molecule has 0 amide bonds. The predicted octanol–water partition coefficient (Wildman–Crippen LogP) is 3.04. The first-order valence-corrected chi connectivity index (χ1v) is 7.96. The lowest BCUT2D eigenvalue weighted by atomic mass is 10.2. The molecule has 21 heavy (non-hydrogen) atoms. The number of anilines is 1. The highest BCUT2D eigenvalue weighted by Gasteiger charge is 2.20. The Morgan fingerprint density at radius 2 is 1.95 bits per heavy atom. The Labute approximate surface area is 127 Å². The minimum Gasteiger partial charge on any atom is -0.497 e. The van der Waals surface area contributed by atoms with Crippen molar-refractivity contribution >= 4 is 27.1 Å². The lowest BCUT2D eigenvalue weighted by molar-refractivity contribution is 0.411. The van der Waals surface area contributed by atoms with Crippen LogP contribution in [0.25, 0.3) is 0 Å². The van der Waals surface area contributed by atoms with Gasteiger partial charge in [-0.2, -0.15) is 0 Å². The van der Waals surface area contributed by atoms with Crippen molar-refractivity contribution in [2.24, 2.45) is 0 Å². The van der Waals surface area contributed by atoms with Gasteiger partial charge in [-0.05, 0) is 24.3 Å². The number of methoxy groups -OCH3 is 1. The fourth-order valence-corrected chi connectivity index (χ4v) is 3.53. The summed E-state index contributed by atoms with van der Waals surface area (Å²) in [6, 6.07) is 8.09. The summed E-state index contributed by atoms with van der Waals surface area (Å²) in [4.78, 5) is -0.0675. The van der Waals surface area contributed by atoms with Gasteiger partial charge in [0, 0.05) is 16.7 Å². The number of hydrogen-bond donors (Lipinski definition) is 1. The third kappa shape index (κ3) is 3.46. The maximum Gasteiger partial charge on any atom is 0.184 e. The van der Waals surface area contributed by atoms with Crippen molar-refractivity contribution < 1.29 is 17.5 Å². The zero-order valence-corrected chi connectivity index (χ0v) is 12.7. The number of benzene rings is 2. The second-order valence-corrected chi connectivity index (χ2v) is 6.79. The van der Waals surface area contributed by atoms with Gasteiger partial charge in [-0.1, -0.05) is 17.7 Å². The first kappa shape index (κ1) is 15.6. The summed E-state index contributed by atoms with van der Waals surface area (Å²) in [5.41, 5.74) is 5.75. The molecule has 0 aliphatic carbocycles. The van der Waals surface area contributed by atoms with Crippen molar-refractivity contribution in [3.63, 3.8) is 0 Å². The van der Waals surface area contributed by atoms with E-state index >= 15 is 0 Å². The summed E-state index contributed by atoms with van der Waals surface area (Å²) in [7, 11) is -2.36. The number of halogens is 2. The molecule has 112 valence electrons. The molecule has 0 saturated carbocycles. The molecule has 7 heteroatoms. The van der Waals surface area contributed by atoms with Crippen molar-refractivity contribution in [3.05, 3.63) is 52.8 Å². The van der Waals surface area contributed by atoms with Gasteiger partial charge in [0.25, 0.3) is 0 Å². The van der Waals surface area contributed by atoms with Crippen molar-refractivity contribution in [3.8, 4) is 5.75 Å². The summed E-state index contributed by atoms with van der Waals surface area (Å²) in [6.45, 7) is 0. The Morgan fingerprint density at radius 1 is 1.24 bits per heavy atom. The van der Waals surface area contributed by atoms with Crippen LogP contribution in [0.3, 0.4) is 0 Å². The number of sulfone groups is 1. The highest BCUT2D eigenvalue weighted by Crippen LogP contribution is 2.27. The SMILES string of the molecule is COc1ccc(CS(=O)(=O)c2ccc(Cl)cc2N)c(F)c1. The van der Waals surface area contributed by atoms with Crippen LogP contribution < -0.4 is 10.5 Å². The van der Waals surface area contributed by atoms with Gasteiger partial charge < -0.3 is 10.5 Å². The largest absolute Gasteiger partial charge is 0.497 e. The molecule has 4 nitrogen and oxygen atoms in total. The number of hydrogen-bond acceptors (Lipinski definition) is 4. The second kappa shape index (κ2) is 5.91. The molecule has 0 atom stereocenters. The van der Waals surface area contributed by atoms with Crippen molar-refractivity contribution in [1.82, 2.24) is 0 Å². The van der Waals surface area contributed by atoms with E-state index in [4.69, 9.17) is 22.1 Å². The first-order valence-electron chi connectivity index (χ1n) is 5.93. The quantitative estimate of drug-likeness (QED) is 0.875. The molecule has 0 aliphatic heterocycles. The van der Waals surface area contributed by atoms with Crippen LogP contribution in [0.2, 0.25) is 5.02 Å². The molecule has 0 unspecified atom stereocenters. The fourth-order valence-electron chi connectivity index (χ4n) is 1.86. The zero-order valence-electron chi connectivity index (χ0n) is 11.1. The molecule has 0 heterocycles. The highest BCUT2D eigenvalue weighted by molar-refractivity contribution is 7.90. The molecule has 0 bridgehead atoms. The van der Waals surface area contributed by atoms with Gasteiger partial charge in [0.1, 0.15) is 11.6 Å². The maximum atomic E-state index is 13.9. The van der Waals surface area contributed by atoms with E-state index in [2.05, 4.69) is 0 Å². The molecule has 0 spiro atoms. The topological polar surface area (TPSA) is 69.4 Å². The lowest BCUT2D eigenvalue weighted by Gasteiger charge is -2.09. The van der Waals surface area contributed by atoms with Crippen LogP contribution in [-0.2, 0) is 15.6 Å². The van der Waals surface area contributed by atoms with Gasteiger partial charge in [0.2, 0.25) is 0 Å². The second-order valence-electron chi connectivity index (χ2n) is 4.40. The van der Waals surface area contributed by atoms with Gasteiger partial charge in [-0.25, -0.2) is 12.8 Å². The van der Waals surface area contributed by atoms with Crippen LogP contribution in [0, 0.1) is 5.82 Å². The molecule has 0 fully saturated rings. The Kier molecular flexibility index (Phi) is 4.39. The van der Waals surface area contributed by atoms with Crippen LogP contribution in [0.1, 0.15) is 5.56 Å². The van der Waals surface area contributed by atoms with Crippen molar-refractivity contribution in [2.75, 3.05) is 12.8 Å². The Balaban J connectivity index is 2.37. The smallest absolute Gasteiger partial charge is 0.184 e. The van der Waals surface area contributed by atoms with Gasteiger partial charge >= 0.3 is 0 Å². The van der Waals surface area contributed by atoms with Crippen LogP contribution in [-0.4, -0.2) is 15.5 Å². The van der Waals surface area contributed by atoms with Gasteiger partial charge in [0.15, 0.2) is 9.84 Å². The average Bonchev–Trinajstić information content (AvgIpc) is 2.40. The van der Waals surface area contributed by atoms with E-state index in [0.29, 0.717) is 10.8 Å². The molecule has 0 radical (unpaired) electrons. The molecule has 2 aromatic rings. The Morgan fingerprint density at radius 3 is 2.52 bits per heavy atom. The van der Waals surface area contributed by atoms with Gasteiger partial charge in [0.05, 0.1) is 23.4 Å². The van der Waals surface area contributed by atoms with E-state index < -0.39 is 21.4 Å². The monoisotopic (exact) mass is 329 g/mol. The molecule has 2 rings (SSSR count).